The van der Waals surface area contributed by atoms with Crippen LogP contribution in [0.25, 0.3) is 0 Å². The van der Waals surface area contributed by atoms with Gasteiger partial charge in [-0.2, -0.15) is 0 Å². The van der Waals surface area contributed by atoms with Crippen molar-refractivity contribution >= 4 is 46.1 Å². The molecule has 1 aromatic carbocycles. The number of carbonyl (C=O) groups is 2. The minimum atomic E-state index is -1.46. The van der Waals surface area contributed by atoms with E-state index in [9.17, 15) is 19.8 Å². The van der Waals surface area contributed by atoms with Gasteiger partial charge in [-0.25, -0.2) is 0 Å². The minimum Gasteiger partial charge on any atom is -0.487 e. The van der Waals surface area contributed by atoms with Gasteiger partial charge in [0.05, 0.1) is 0 Å². The molecule has 1 aromatic rings. The van der Waals surface area contributed by atoms with Crippen molar-refractivity contribution in [3.63, 3.8) is 0 Å². The highest BCUT2D eigenvalue weighted by molar-refractivity contribution is 14.1. The van der Waals surface area contributed by atoms with Crippen molar-refractivity contribution in [1.82, 2.24) is 0 Å². The van der Waals surface area contributed by atoms with Gasteiger partial charge in [0, 0.05) is 5.02 Å². The van der Waals surface area contributed by atoms with Crippen molar-refractivity contribution in [3.05, 3.63) is 41.4 Å². The second kappa shape index (κ2) is 6.08. The Bertz CT molecular complexity index is 647. The fourth-order valence-electron chi connectivity index (χ4n) is 2.42. The van der Waals surface area contributed by atoms with Crippen LogP contribution in [0.2, 0.25) is 5.02 Å². The van der Waals surface area contributed by atoms with Crippen LogP contribution in [0.15, 0.2) is 36.4 Å². The first kappa shape index (κ1) is 17.1. The fraction of sp³-hybridized carbons (Fsp3) is 0.333. The SMILES string of the molecule is CC1(C(=O)O)C=CCC(I)(C(=O)O)C1Oc1cccc(Cl)c1. The number of ether oxygens (including phenoxy) is 1. The lowest BCUT2D eigenvalue weighted by atomic mass is 9.72. The number of aliphatic carboxylic acids is 2. The van der Waals surface area contributed by atoms with E-state index in [1.54, 1.807) is 46.9 Å². The largest absolute Gasteiger partial charge is 0.487 e. The van der Waals surface area contributed by atoms with Crippen molar-refractivity contribution in [3.8, 4) is 5.75 Å². The van der Waals surface area contributed by atoms with Gasteiger partial charge in [-0.05, 0) is 31.5 Å². The Morgan fingerprint density at radius 3 is 2.59 bits per heavy atom. The maximum atomic E-state index is 11.7. The van der Waals surface area contributed by atoms with E-state index in [4.69, 9.17) is 16.3 Å². The lowest BCUT2D eigenvalue weighted by molar-refractivity contribution is -0.155. The number of allylic oxidation sites excluding steroid dienone is 1. The number of halogens is 2. The second-order valence-electron chi connectivity index (χ2n) is 5.32. The lowest BCUT2D eigenvalue weighted by Gasteiger charge is -2.42. The van der Waals surface area contributed by atoms with Crippen LogP contribution < -0.4 is 4.74 Å². The molecule has 0 spiro atoms. The highest BCUT2D eigenvalue weighted by atomic mass is 127. The van der Waals surface area contributed by atoms with Gasteiger partial charge >= 0.3 is 11.9 Å². The summed E-state index contributed by atoms with van der Waals surface area (Å²) in [5.41, 5.74) is -1.46. The third-order valence-corrected chi connectivity index (χ3v) is 5.41. The molecule has 2 N–H and O–H groups in total. The molecule has 0 aliphatic heterocycles. The summed E-state index contributed by atoms with van der Waals surface area (Å²) in [6.07, 6.45) is 2.16. The Labute approximate surface area is 146 Å². The zero-order valence-corrected chi connectivity index (χ0v) is 14.5. The Morgan fingerprint density at radius 1 is 1.36 bits per heavy atom. The van der Waals surface area contributed by atoms with E-state index < -0.39 is 26.9 Å². The first-order chi connectivity index (χ1) is 10.2. The van der Waals surface area contributed by atoms with Gasteiger partial charge in [-0.3, -0.25) is 9.59 Å². The molecule has 0 fully saturated rings. The number of hydrogen-bond donors (Lipinski definition) is 2. The fourth-order valence-corrected chi connectivity index (χ4v) is 3.63. The summed E-state index contributed by atoms with van der Waals surface area (Å²) >= 11 is 7.67. The number of carboxylic acids is 2. The average molecular weight is 437 g/mol. The van der Waals surface area contributed by atoms with Crippen LogP contribution in [0.3, 0.4) is 0 Å². The molecule has 3 atom stereocenters. The molecule has 0 saturated carbocycles. The molecule has 0 amide bonds. The zero-order chi connectivity index (χ0) is 16.5. The van der Waals surface area contributed by atoms with E-state index in [0.29, 0.717) is 10.8 Å². The number of benzene rings is 1. The normalized spacial score (nSPS) is 30.8. The minimum absolute atomic E-state index is 0.178. The topological polar surface area (TPSA) is 83.8 Å². The molecule has 0 saturated heterocycles. The molecule has 0 bridgehead atoms. The van der Waals surface area contributed by atoms with Crippen LogP contribution >= 0.6 is 34.2 Å². The van der Waals surface area contributed by atoms with E-state index in [2.05, 4.69) is 0 Å². The summed E-state index contributed by atoms with van der Waals surface area (Å²) in [6, 6.07) is 6.45. The molecule has 3 unspecified atom stereocenters. The summed E-state index contributed by atoms with van der Waals surface area (Å²) in [4.78, 5) is 23.4. The Morgan fingerprint density at radius 2 is 2.05 bits per heavy atom. The van der Waals surface area contributed by atoms with Crippen molar-refractivity contribution < 1.29 is 24.5 Å². The van der Waals surface area contributed by atoms with Gasteiger partial charge in [-0.1, -0.05) is 52.4 Å². The Balaban J connectivity index is 2.49. The summed E-state index contributed by atoms with van der Waals surface area (Å²) in [5.74, 6) is -1.92. The molecular formula is C15H14ClIO5. The van der Waals surface area contributed by atoms with Crippen LogP contribution in [0, 0.1) is 5.41 Å². The number of alkyl halides is 1. The molecule has 0 aromatic heterocycles. The number of hydrogen-bond acceptors (Lipinski definition) is 3. The van der Waals surface area contributed by atoms with Gasteiger partial charge in [0.1, 0.15) is 17.3 Å². The van der Waals surface area contributed by atoms with Crippen LogP contribution in [-0.4, -0.2) is 31.7 Å². The quantitative estimate of drug-likeness (QED) is 0.429. The third-order valence-electron chi connectivity index (χ3n) is 3.71. The molecule has 7 heteroatoms. The van der Waals surface area contributed by atoms with E-state index in [0.717, 1.165) is 0 Å². The number of rotatable bonds is 4. The maximum absolute atomic E-state index is 11.7. The van der Waals surface area contributed by atoms with Crippen LogP contribution in [0.4, 0.5) is 0 Å². The molecule has 118 valence electrons. The smallest absolute Gasteiger partial charge is 0.323 e. The maximum Gasteiger partial charge on any atom is 0.323 e. The summed E-state index contributed by atoms with van der Waals surface area (Å²) in [6.45, 7) is 1.45. The molecule has 1 aliphatic rings. The molecule has 22 heavy (non-hydrogen) atoms. The van der Waals surface area contributed by atoms with Gasteiger partial charge in [0.15, 0.2) is 3.42 Å². The molecule has 0 heterocycles. The van der Waals surface area contributed by atoms with E-state index in [1.807, 2.05) is 0 Å². The predicted molar refractivity (Wildman–Crippen MR) is 89.8 cm³/mol. The predicted octanol–water partition coefficient (Wildman–Crippen LogP) is 3.40. The van der Waals surface area contributed by atoms with Gasteiger partial charge in [0.25, 0.3) is 0 Å². The van der Waals surface area contributed by atoms with Crippen molar-refractivity contribution in [2.45, 2.75) is 22.9 Å². The van der Waals surface area contributed by atoms with Crippen molar-refractivity contribution in [2.24, 2.45) is 5.41 Å². The second-order valence-corrected chi connectivity index (χ2v) is 7.68. The summed E-state index contributed by atoms with van der Waals surface area (Å²) < 4.78 is 4.40. The monoisotopic (exact) mass is 436 g/mol. The van der Waals surface area contributed by atoms with Gasteiger partial charge < -0.3 is 14.9 Å². The average Bonchev–Trinajstić information content (AvgIpc) is 2.43. The number of carboxylic acid groups (broad SMARTS) is 2. The van der Waals surface area contributed by atoms with Crippen LogP contribution in [0.5, 0.6) is 5.75 Å². The standard InChI is InChI=1S/C15H14ClIO5/c1-14(12(18)19)6-3-7-15(17,13(20)21)11(14)22-10-5-2-4-9(16)8-10/h2-6,8,11H,7H2,1H3,(H,18,19)(H,20,21). The lowest BCUT2D eigenvalue weighted by Crippen LogP contribution is -2.59. The van der Waals surface area contributed by atoms with Crippen LogP contribution in [0.1, 0.15) is 13.3 Å². The summed E-state index contributed by atoms with van der Waals surface area (Å²) in [5, 5.41) is 19.6. The third kappa shape index (κ3) is 2.94. The Kier molecular flexibility index (Phi) is 4.72. The summed E-state index contributed by atoms with van der Waals surface area (Å²) in [7, 11) is 0. The van der Waals surface area contributed by atoms with E-state index in [-0.39, 0.29) is 6.42 Å². The molecular weight excluding hydrogens is 423 g/mol. The molecule has 1 aliphatic carbocycles. The van der Waals surface area contributed by atoms with Gasteiger partial charge in [-0.15, -0.1) is 0 Å². The first-order valence-electron chi connectivity index (χ1n) is 6.46. The molecule has 0 radical (unpaired) electrons. The van der Waals surface area contributed by atoms with Crippen molar-refractivity contribution in [2.75, 3.05) is 0 Å². The molecule has 5 nitrogen and oxygen atoms in total. The van der Waals surface area contributed by atoms with E-state index in [1.165, 1.54) is 19.1 Å². The van der Waals surface area contributed by atoms with Crippen molar-refractivity contribution in [1.29, 1.82) is 0 Å². The zero-order valence-electron chi connectivity index (χ0n) is 11.6. The highest BCUT2D eigenvalue weighted by Crippen LogP contribution is 2.45. The first-order valence-corrected chi connectivity index (χ1v) is 7.91. The van der Waals surface area contributed by atoms with Crippen LogP contribution in [-0.2, 0) is 9.59 Å². The van der Waals surface area contributed by atoms with Gasteiger partial charge in [0.2, 0.25) is 0 Å². The Hall–Kier alpha value is -1.28. The molecule has 2 rings (SSSR count). The van der Waals surface area contributed by atoms with E-state index >= 15 is 0 Å². The highest BCUT2D eigenvalue weighted by Gasteiger charge is 2.58.